The maximum absolute atomic E-state index is 4.93. The molecule has 2 rings (SSSR count). The number of hydrogen-bond acceptors (Lipinski definition) is 0. The molecule has 1 radical (unpaired) electrons. The second-order valence-electron chi connectivity index (χ2n) is 8.77. The van der Waals surface area contributed by atoms with Gasteiger partial charge in [-0.1, -0.05) is 94.2 Å². The fourth-order valence-electron chi connectivity index (χ4n) is 3.10. The maximum atomic E-state index is 4.93. The Morgan fingerprint density at radius 3 is 0.917 bits per heavy atom. The van der Waals surface area contributed by atoms with Crippen molar-refractivity contribution in [1.29, 1.82) is 0 Å². The van der Waals surface area contributed by atoms with E-state index in [4.69, 9.17) is 17.0 Å². The predicted molar refractivity (Wildman–Crippen MR) is 121 cm³/mol. The molecule has 0 aromatic rings. The molecule has 24 heavy (non-hydrogen) atoms. The van der Waals surface area contributed by atoms with Crippen LogP contribution in [0.2, 0.25) is 52.4 Å². The molecule has 0 heterocycles. The van der Waals surface area contributed by atoms with Crippen LogP contribution in [0, 0.1) is 11.1 Å². The summed E-state index contributed by atoms with van der Waals surface area (Å²) in [5.74, 6) is 0. The summed E-state index contributed by atoms with van der Waals surface area (Å²) in [5.41, 5.74) is 3.84. The van der Waals surface area contributed by atoms with Gasteiger partial charge in [-0.15, -0.1) is 0 Å². The van der Waals surface area contributed by atoms with Crippen molar-refractivity contribution in [2.24, 2.45) is 0 Å². The molecule has 0 bridgehead atoms. The van der Waals surface area contributed by atoms with Crippen molar-refractivity contribution in [3.63, 3.8) is 0 Å². The molecule has 0 amide bonds. The molecule has 2 aliphatic carbocycles. The summed E-state index contributed by atoms with van der Waals surface area (Å²) < 4.78 is 0. The average Bonchev–Trinajstić information content (AvgIpc) is 3.14. The molecule has 6 heteroatoms. The van der Waals surface area contributed by atoms with E-state index >= 15 is 0 Å². The summed E-state index contributed by atoms with van der Waals surface area (Å²) in [6.45, 7) is 19.2. The van der Waals surface area contributed by atoms with Crippen molar-refractivity contribution in [2.75, 3.05) is 0 Å². The Labute approximate surface area is 177 Å². The molecule has 143 valence electrons. The first-order valence-electron chi connectivity index (χ1n) is 9.45. The molecular formula is C18H41Cl2Si3Zr. The molecule has 2 saturated carbocycles. The van der Waals surface area contributed by atoms with Gasteiger partial charge in [0.2, 0.25) is 0 Å². The number of halogens is 2. The van der Waals surface area contributed by atoms with Gasteiger partial charge >= 0.3 is 37.9 Å². The summed E-state index contributed by atoms with van der Waals surface area (Å²) >= 11 is -0.826. The average molecular weight is 504 g/mol. The van der Waals surface area contributed by atoms with Crippen molar-refractivity contribution in [3.05, 3.63) is 11.1 Å². The van der Waals surface area contributed by atoms with E-state index in [0.29, 0.717) is 0 Å². The van der Waals surface area contributed by atoms with Crippen LogP contribution >= 0.6 is 17.0 Å². The minimum atomic E-state index is -0.826. The number of hydrogen-bond donors (Lipinski definition) is 0. The van der Waals surface area contributed by atoms with Gasteiger partial charge in [0.15, 0.2) is 0 Å². The van der Waals surface area contributed by atoms with Crippen LogP contribution in [0.4, 0.5) is 0 Å². The van der Waals surface area contributed by atoms with Crippen LogP contribution in [0.25, 0.3) is 0 Å². The van der Waals surface area contributed by atoms with Crippen LogP contribution in [-0.2, 0) is 20.8 Å². The van der Waals surface area contributed by atoms with E-state index in [1.54, 1.807) is 0 Å². The van der Waals surface area contributed by atoms with Crippen LogP contribution in [0.3, 0.4) is 0 Å². The molecule has 0 aliphatic heterocycles. The fourth-order valence-corrected chi connectivity index (χ4v) is 6.81. The topological polar surface area (TPSA) is 0 Å². The minimum absolute atomic E-state index is 0.750. The summed E-state index contributed by atoms with van der Waals surface area (Å²) in [5, 5.41) is 0. The molecule has 0 aromatic heterocycles. The SMILES string of the molecule is C[SiH]C.C[Si](C)(C)[C-]1CCCC1.C[Si](C)(C)[C-]1CCCC1.[Cl][Zr+2][Cl]. The normalized spacial score (nSPS) is 18.4. The van der Waals surface area contributed by atoms with Gasteiger partial charge in [-0.3, -0.25) is 0 Å². The molecule has 0 spiro atoms. The molecule has 0 atom stereocenters. The summed E-state index contributed by atoms with van der Waals surface area (Å²) in [6.07, 6.45) is 11.7. The van der Waals surface area contributed by atoms with Crippen LogP contribution < -0.4 is 0 Å². The zero-order valence-electron chi connectivity index (χ0n) is 17.5. The van der Waals surface area contributed by atoms with Gasteiger partial charge in [0, 0.05) is 9.52 Å². The van der Waals surface area contributed by atoms with Gasteiger partial charge in [0.05, 0.1) is 0 Å². The fraction of sp³-hybridized carbons (Fsp3) is 0.889. The van der Waals surface area contributed by atoms with Crippen LogP contribution in [-0.4, -0.2) is 25.7 Å². The summed E-state index contributed by atoms with van der Waals surface area (Å²) in [6, 6.07) is 0. The monoisotopic (exact) mass is 501 g/mol. The second kappa shape index (κ2) is 16.1. The Balaban J connectivity index is 0. The van der Waals surface area contributed by atoms with E-state index in [9.17, 15) is 0 Å². The van der Waals surface area contributed by atoms with Crippen molar-refractivity contribution in [2.45, 2.75) is 104 Å². The Hall–Kier alpha value is 2.11. The Morgan fingerprint density at radius 2 is 0.833 bits per heavy atom. The molecular weight excluding hydrogens is 463 g/mol. The summed E-state index contributed by atoms with van der Waals surface area (Å²) in [7, 11) is 9.00. The van der Waals surface area contributed by atoms with Gasteiger partial charge in [-0.2, -0.15) is 25.7 Å². The third kappa shape index (κ3) is 16.3. The molecule has 0 saturated heterocycles. The van der Waals surface area contributed by atoms with E-state index in [1.807, 2.05) is 11.1 Å². The first kappa shape index (κ1) is 28.3. The van der Waals surface area contributed by atoms with Gasteiger partial charge < -0.3 is 11.1 Å². The van der Waals surface area contributed by atoms with Crippen molar-refractivity contribution >= 4 is 42.7 Å². The van der Waals surface area contributed by atoms with E-state index in [1.165, 1.54) is 51.4 Å². The van der Waals surface area contributed by atoms with Gasteiger partial charge in [0.1, 0.15) is 0 Å². The zero-order valence-corrected chi connectivity index (χ0v) is 24.6. The van der Waals surface area contributed by atoms with Crippen molar-refractivity contribution in [3.8, 4) is 0 Å². The Kier molecular flexibility index (Phi) is 19.0. The molecule has 2 fully saturated rings. The molecule has 0 nitrogen and oxygen atoms in total. The zero-order chi connectivity index (χ0) is 19.2. The Morgan fingerprint density at radius 1 is 0.667 bits per heavy atom. The quantitative estimate of drug-likeness (QED) is 0.265. The van der Waals surface area contributed by atoms with E-state index in [-0.39, 0.29) is 0 Å². The second-order valence-corrected chi connectivity index (χ2v) is 24.1. The summed E-state index contributed by atoms with van der Waals surface area (Å²) in [4.78, 5) is 0. The molecule has 0 N–H and O–H groups in total. The van der Waals surface area contributed by atoms with Crippen LogP contribution in [0.15, 0.2) is 0 Å². The van der Waals surface area contributed by atoms with Gasteiger partial charge in [0.25, 0.3) is 0 Å². The van der Waals surface area contributed by atoms with Crippen LogP contribution in [0.5, 0.6) is 0 Å². The Bertz CT molecular complexity index is 238. The standard InChI is InChI=1S/2C8H17Si.C2H7Si.2ClH.Zr/c2*1-9(2,3)8-6-4-5-7-8;1-3-2;;;/h2*4-7H2,1-3H3;3H,1-2H3;2*1H;/q2*-1;;;;+4/p-2. The van der Waals surface area contributed by atoms with Crippen molar-refractivity contribution in [1.82, 2.24) is 0 Å². The first-order chi connectivity index (χ1) is 11.0. The number of rotatable bonds is 2. The van der Waals surface area contributed by atoms with E-state index < -0.39 is 37.0 Å². The third-order valence-electron chi connectivity index (χ3n) is 4.54. The van der Waals surface area contributed by atoms with Gasteiger partial charge in [-0.25, -0.2) is 0 Å². The van der Waals surface area contributed by atoms with Gasteiger partial charge in [-0.05, 0) is 0 Å². The van der Waals surface area contributed by atoms with Crippen LogP contribution in [0.1, 0.15) is 51.4 Å². The third-order valence-corrected chi connectivity index (χ3v) is 9.78. The molecule has 0 aromatic carbocycles. The van der Waals surface area contributed by atoms with E-state index in [0.717, 1.165) is 9.52 Å². The van der Waals surface area contributed by atoms with Crippen molar-refractivity contribution < 1.29 is 20.8 Å². The first-order valence-corrected chi connectivity index (χ1v) is 25.1. The predicted octanol–water partition coefficient (Wildman–Crippen LogP) is 7.92. The molecule has 2 aliphatic rings. The molecule has 0 unspecified atom stereocenters. The van der Waals surface area contributed by atoms with E-state index in [2.05, 4.69) is 52.4 Å².